The number of aliphatic carboxylic acids is 1. The Morgan fingerprint density at radius 2 is 2.10 bits per heavy atom. The van der Waals surface area contributed by atoms with Crippen molar-refractivity contribution in [2.75, 3.05) is 13.2 Å². The number of amides is 1. The monoisotopic (exact) mass is 281 g/mol. The van der Waals surface area contributed by atoms with E-state index >= 15 is 0 Å². The van der Waals surface area contributed by atoms with E-state index in [0.29, 0.717) is 25.2 Å². The number of carboxylic acid groups (broad SMARTS) is 1. The van der Waals surface area contributed by atoms with Gasteiger partial charge in [-0.25, -0.2) is 4.39 Å². The fourth-order valence-electron chi connectivity index (χ4n) is 2.15. The molecule has 2 rings (SSSR count). The summed E-state index contributed by atoms with van der Waals surface area (Å²) in [5, 5.41) is 11.6. The van der Waals surface area contributed by atoms with Gasteiger partial charge in [0, 0.05) is 6.61 Å². The van der Waals surface area contributed by atoms with Crippen molar-refractivity contribution < 1.29 is 23.8 Å². The van der Waals surface area contributed by atoms with Crippen molar-refractivity contribution in [3.05, 3.63) is 35.6 Å². The fourth-order valence-corrected chi connectivity index (χ4v) is 2.15. The van der Waals surface area contributed by atoms with Crippen LogP contribution in [0.25, 0.3) is 0 Å². The van der Waals surface area contributed by atoms with Crippen LogP contribution >= 0.6 is 0 Å². The number of rotatable bonds is 5. The smallest absolute Gasteiger partial charge is 0.305 e. The molecule has 1 fully saturated rings. The standard InChI is InChI=1S/C14H16FNO4/c15-11-3-1-9(2-4-11)12(7-13(17)18)16-14(19)10-5-6-20-8-10/h1-4,10,12H,5-8H2,(H,16,19)(H,17,18)/t10-,12+/m0/s1. The molecule has 0 unspecified atom stereocenters. The van der Waals surface area contributed by atoms with Gasteiger partial charge >= 0.3 is 5.97 Å². The minimum atomic E-state index is -1.03. The molecule has 5 nitrogen and oxygen atoms in total. The third-order valence-corrected chi connectivity index (χ3v) is 3.27. The van der Waals surface area contributed by atoms with E-state index in [1.165, 1.54) is 24.3 Å². The quantitative estimate of drug-likeness (QED) is 0.857. The zero-order chi connectivity index (χ0) is 14.5. The van der Waals surface area contributed by atoms with Crippen LogP contribution < -0.4 is 5.32 Å². The molecule has 1 amide bonds. The van der Waals surface area contributed by atoms with Gasteiger partial charge < -0.3 is 15.2 Å². The number of benzene rings is 1. The predicted octanol–water partition coefficient (Wildman–Crippen LogP) is 1.49. The molecule has 0 saturated carbocycles. The first-order valence-electron chi connectivity index (χ1n) is 6.41. The average molecular weight is 281 g/mol. The Morgan fingerprint density at radius 3 is 2.65 bits per heavy atom. The van der Waals surface area contributed by atoms with Gasteiger partial charge in [-0.05, 0) is 24.1 Å². The van der Waals surface area contributed by atoms with Crippen molar-refractivity contribution in [2.24, 2.45) is 5.92 Å². The summed E-state index contributed by atoms with van der Waals surface area (Å²) < 4.78 is 18.0. The minimum absolute atomic E-state index is 0.224. The molecule has 1 heterocycles. The molecule has 0 bridgehead atoms. The van der Waals surface area contributed by atoms with Crippen LogP contribution in [0.3, 0.4) is 0 Å². The number of carbonyl (C=O) groups is 2. The molecule has 1 aromatic carbocycles. The van der Waals surface area contributed by atoms with E-state index in [4.69, 9.17) is 9.84 Å². The van der Waals surface area contributed by atoms with E-state index in [9.17, 15) is 14.0 Å². The molecule has 1 aliphatic heterocycles. The summed E-state index contributed by atoms with van der Waals surface area (Å²) in [4.78, 5) is 22.9. The number of ether oxygens (including phenoxy) is 1. The van der Waals surface area contributed by atoms with Crippen LogP contribution in [-0.4, -0.2) is 30.2 Å². The Hall–Kier alpha value is -1.95. The number of hydrogen-bond donors (Lipinski definition) is 2. The predicted molar refractivity (Wildman–Crippen MR) is 68.5 cm³/mol. The summed E-state index contributed by atoms with van der Waals surface area (Å²) in [6, 6.07) is 4.79. The molecule has 0 aromatic heterocycles. The minimum Gasteiger partial charge on any atom is -0.481 e. The van der Waals surface area contributed by atoms with Gasteiger partial charge in [0.05, 0.1) is 25.0 Å². The molecule has 1 saturated heterocycles. The van der Waals surface area contributed by atoms with Gasteiger partial charge in [-0.3, -0.25) is 9.59 Å². The highest BCUT2D eigenvalue weighted by Crippen LogP contribution is 2.20. The van der Waals surface area contributed by atoms with Gasteiger partial charge in [0.1, 0.15) is 5.82 Å². The average Bonchev–Trinajstić information content (AvgIpc) is 2.92. The van der Waals surface area contributed by atoms with Crippen molar-refractivity contribution >= 4 is 11.9 Å². The van der Waals surface area contributed by atoms with E-state index in [1.54, 1.807) is 0 Å². The maximum Gasteiger partial charge on any atom is 0.305 e. The Kier molecular flexibility index (Phi) is 4.68. The molecule has 0 radical (unpaired) electrons. The van der Waals surface area contributed by atoms with E-state index < -0.39 is 17.8 Å². The second-order valence-electron chi connectivity index (χ2n) is 4.77. The molecule has 108 valence electrons. The molecule has 2 N–H and O–H groups in total. The Bertz CT molecular complexity index is 482. The number of halogens is 1. The maximum atomic E-state index is 12.9. The lowest BCUT2D eigenvalue weighted by atomic mass is 10.0. The van der Waals surface area contributed by atoms with Crippen LogP contribution in [-0.2, 0) is 14.3 Å². The van der Waals surface area contributed by atoms with Crippen LogP contribution in [0.4, 0.5) is 4.39 Å². The summed E-state index contributed by atoms with van der Waals surface area (Å²) in [6.07, 6.45) is 0.389. The van der Waals surface area contributed by atoms with Crippen molar-refractivity contribution in [3.63, 3.8) is 0 Å². The van der Waals surface area contributed by atoms with E-state index in [0.717, 1.165) is 0 Å². The van der Waals surface area contributed by atoms with Crippen LogP contribution in [0.15, 0.2) is 24.3 Å². The normalized spacial score (nSPS) is 19.6. The lowest BCUT2D eigenvalue weighted by molar-refractivity contribution is -0.137. The highest BCUT2D eigenvalue weighted by Gasteiger charge is 2.26. The number of nitrogens with one attached hydrogen (secondary N) is 1. The Balaban J connectivity index is 2.08. The lowest BCUT2D eigenvalue weighted by Gasteiger charge is -2.19. The van der Waals surface area contributed by atoms with Gasteiger partial charge in [-0.2, -0.15) is 0 Å². The zero-order valence-electron chi connectivity index (χ0n) is 10.8. The largest absolute Gasteiger partial charge is 0.481 e. The maximum absolute atomic E-state index is 12.9. The first kappa shape index (κ1) is 14.5. The first-order valence-corrected chi connectivity index (χ1v) is 6.41. The highest BCUT2D eigenvalue weighted by molar-refractivity contribution is 5.80. The molecular weight excluding hydrogens is 265 g/mol. The number of carboxylic acids is 1. The number of carbonyl (C=O) groups excluding carboxylic acids is 1. The Labute approximate surface area is 115 Å². The van der Waals surface area contributed by atoms with Crippen molar-refractivity contribution in [2.45, 2.75) is 18.9 Å². The Morgan fingerprint density at radius 1 is 1.40 bits per heavy atom. The van der Waals surface area contributed by atoms with Gasteiger partial charge in [0.15, 0.2) is 0 Å². The van der Waals surface area contributed by atoms with Gasteiger partial charge in [0.2, 0.25) is 5.91 Å². The molecule has 1 aliphatic rings. The fraction of sp³-hybridized carbons (Fsp3) is 0.429. The summed E-state index contributed by atoms with van der Waals surface area (Å²) >= 11 is 0. The first-order chi connectivity index (χ1) is 9.56. The molecular formula is C14H16FNO4. The highest BCUT2D eigenvalue weighted by atomic mass is 19.1. The summed E-state index contributed by atoms with van der Waals surface area (Å²) in [5.41, 5.74) is 0.570. The van der Waals surface area contributed by atoms with Crippen LogP contribution in [0.5, 0.6) is 0 Å². The van der Waals surface area contributed by atoms with Gasteiger partial charge in [-0.1, -0.05) is 12.1 Å². The molecule has 1 aromatic rings. The van der Waals surface area contributed by atoms with Crippen molar-refractivity contribution in [3.8, 4) is 0 Å². The zero-order valence-corrected chi connectivity index (χ0v) is 10.8. The second kappa shape index (κ2) is 6.47. The molecule has 6 heteroatoms. The molecule has 0 aliphatic carbocycles. The van der Waals surface area contributed by atoms with Crippen molar-refractivity contribution in [1.82, 2.24) is 5.32 Å². The second-order valence-corrected chi connectivity index (χ2v) is 4.77. The topological polar surface area (TPSA) is 75.6 Å². The third-order valence-electron chi connectivity index (χ3n) is 3.27. The van der Waals surface area contributed by atoms with Crippen LogP contribution in [0.1, 0.15) is 24.4 Å². The SMILES string of the molecule is O=C(O)C[C@@H](NC(=O)[C@H]1CCOC1)c1ccc(F)cc1. The molecule has 0 spiro atoms. The molecule has 2 atom stereocenters. The summed E-state index contributed by atoms with van der Waals surface area (Å²) in [6.45, 7) is 0.896. The molecule has 20 heavy (non-hydrogen) atoms. The van der Waals surface area contributed by atoms with E-state index in [1.807, 2.05) is 0 Å². The third kappa shape index (κ3) is 3.77. The lowest BCUT2D eigenvalue weighted by Crippen LogP contribution is -2.35. The van der Waals surface area contributed by atoms with Gasteiger partial charge in [-0.15, -0.1) is 0 Å². The van der Waals surface area contributed by atoms with E-state index in [2.05, 4.69) is 5.32 Å². The number of hydrogen-bond acceptors (Lipinski definition) is 3. The summed E-state index contributed by atoms with van der Waals surface area (Å²) in [7, 11) is 0. The van der Waals surface area contributed by atoms with Crippen LogP contribution in [0.2, 0.25) is 0 Å². The van der Waals surface area contributed by atoms with Crippen LogP contribution in [0, 0.1) is 11.7 Å². The van der Waals surface area contributed by atoms with Gasteiger partial charge in [0.25, 0.3) is 0 Å². The van der Waals surface area contributed by atoms with E-state index in [-0.39, 0.29) is 18.2 Å². The van der Waals surface area contributed by atoms with Crippen molar-refractivity contribution in [1.29, 1.82) is 0 Å². The summed E-state index contributed by atoms with van der Waals surface area (Å²) in [5.74, 6) is -1.90.